The minimum absolute atomic E-state index is 0.0739. The summed E-state index contributed by atoms with van der Waals surface area (Å²) in [7, 11) is 0. The van der Waals surface area contributed by atoms with E-state index in [2.05, 4.69) is 38.7 Å². The van der Waals surface area contributed by atoms with Crippen LogP contribution in [0.15, 0.2) is 23.8 Å². The lowest BCUT2D eigenvalue weighted by molar-refractivity contribution is -0.136. The first-order valence-electron chi connectivity index (χ1n) is 11.0. The number of hydrogen-bond donors (Lipinski definition) is 2. The van der Waals surface area contributed by atoms with Crippen molar-refractivity contribution < 1.29 is 19.4 Å². The van der Waals surface area contributed by atoms with Gasteiger partial charge in [-0.15, -0.1) is 0 Å². The zero-order chi connectivity index (χ0) is 23.3. The van der Waals surface area contributed by atoms with E-state index in [4.69, 9.17) is 4.74 Å². The second kappa shape index (κ2) is 9.99. The van der Waals surface area contributed by atoms with Gasteiger partial charge in [0.1, 0.15) is 11.2 Å². The normalized spacial score (nSPS) is 18.4. The summed E-state index contributed by atoms with van der Waals surface area (Å²) in [5, 5.41) is 12.7. The summed E-state index contributed by atoms with van der Waals surface area (Å²) in [5.74, 6) is -0.453. The Balaban J connectivity index is 3.17. The molecule has 6 nitrogen and oxygen atoms in total. The van der Waals surface area contributed by atoms with Crippen LogP contribution in [0.25, 0.3) is 0 Å². The first-order valence-corrected chi connectivity index (χ1v) is 11.0. The van der Waals surface area contributed by atoms with Gasteiger partial charge in [-0.25, -0.2) is 4.79 Å². The molecule has 1 atom stereocenters. The van der Waals surface area contributed by atoms with Gasteiger partial charge in [-0.1, -0.05) is 39.8 Å². The molecule has 30 heavy (non-hydrogen) atoms. The highest BCUT2D eigenvalue weighted by molar-refractivity contribution is 5.84. The Morgan fingerprint density at radius 1 is 1.20 bits per heavy atom. The average Bonchev–Trinajstić information content (AvgIpc) is 3.04. The van der Waals surface area contributed by atoms with Gasteiger partial charge in [-0.05, 0) is 70.4 Å². The molecule has 0 bridgehead atoms. The van der Waals surface area contributed by atoms with Crippen LogP contribution in [-0.4, -0.2) is 52.3 Å². The highest BCUT2D eigenvalue weighted by atomic mass is 16.6. The van der Waals surface area contributed by atoms with Gasteiger partial charge in [-0.2, -0.15) is 0 Å². The van der Waals surface area contributed by atoms with Gasteiger partial charge < -0.3 is 20.1 Å². The Morgan fingerprint density at radius 3 is 2.30 bits per heavy atom. The van der Waals surface area contributed by atoms with Gasteiger partial charge in [-0.3, -0.25) is 4.79 Å². The number of hydrogen-bond acceptors (Lipinski definition) is 4. The highest BCUT2D eigenvalue weighted by Gasteiger charge is 2.36. The van der Waals surface area contributed by atoms with Crippen molar-refractivity contribution in [3.8, 4) is 0 Å². The third kappa shape index (κ3) is 8.13. The van der Waals surface area contributed by atoms with Crippen molar-refractivity contribution in [1.29, 1.82) is 0 Å². The summed E-state index contributed by atoms with van der Waals surface area (Å²) in [6.07, 6.45) is 5.63. The molecule has 1 aliphatic rings. The number of carbonyl (C=O) groups is 2. The lowest BCUT2D eigenvalue weighted by Crippen LogP contribution is -2.44. The Kier molecular flexibility index (Phi) is 8.73. The van der Waals surface area contributed by atoms with Gasteiger partial charge >= 0.3 is 6.09 Å². The van der Waals surface area contributed by atoms with Crippen molar-refractivity contribution in [2.75, 3.05) is 13.1 Å². The summed E-state index contributed by atoms with van der Waals surface area (Å²) in [4.78, 5) is 26.7. The first-order chi connectivity index (χ1) is 13.6. The van der Waals surface area contributed by atoms with Crippen LogP contribution >= 0.6 is 0 Å². The van der Waals surface area contributed by atoms with E-state index in [1.54, 1.807) is 4.90 Å². The minimum Gasteiger partial charge on any atom is -0.444 e. The molecule has 1 saturated heterocycles. The van der Waals surface area contributed by atoms with Crippen LogP contribution in [0.4, 0.5) is 4.79 Å². The number of rotatable bonds is 8. The van der Waals surface area contributed by atoms with Gasteiger partial charge in [0.2, 0.25) is 0 Å². The first kappa shape index (κ1) is 26.2. The predicted molar refractivity (Wildman–Crippen MR) is 121 cm³/mol. The predicted octanol–water partition coefficient (Wildman–Crippen LogP) is 4.58. The third-order valence-electron chi connectivity index (χ3n) is 5.11. The van der Waals surface area contributed by atoms with Gasteiger partial charge in [0.05, 0.1) is 6.04 Å². The summed E-state index contributed by atoms with van der Waals surface area (Å²) >= 11 is 0. The maximum absolute atomic E-state index is 12.8. The minimum atomic E-state index is -1.46. The molecule has 0 radical (unpaired) electrons. The monoisotopic (exact) mass is 422 g/mol. The van der Waals surface area contributed by atoms with E-state index in [0.717, 1.165) is 36.8 Å². The fourth-order valence-electron chi connectivity index (χ4n) is 3.71. The number of likely N-dealkylation sites (tertiary alicyclic amines) is 1. The molecule has 1 rings (SSSR count). The molecular formula is C24H42N2O4. The maximum atomic E-state index is 12.8. The summed E-state index contributed by atoms with van der Waals surface area (Å²) in [6, 6.07) is -0.137. The largest absolute Gasteiger partial charge is 0.444 e. The lowest BCUT2D eigenvalue weighted by Gasteiger charge is -2.32. The molecule has 0 aromatic heterocycles. The van der Waals surface area contributed by atoms with Gasteiger partial charge in [0.15, 0.2) is 0 Å². The molecule has 0 aliphatic carbocycles. The van der Waals surface area contributed by atoms with E-state index in [9.17, 15) is 14.7 Å². The zero-order valence-electron chi connectivity index (χ0n) is 20.2. The van der Waals surface area contributed by atoms with Gasteiger partial charge in [0, 0.05) is 13.1 Å². The average molecular weight is 423 g/mol. The second-order valence-corrected chi connectivity index (χ2v) is 10.5. The summed E-state index contributed by atoms with van der Waals surface area (Å²) in [5.41, 5.74) is -0.380. The van der Waals surface area contributed by atoms with Crippen LogP contribution in [0.3, 0.4) is 0 Å². The van der Waals surface area contributed by atoms with Crippen LogP contribution in [0.2, 0.25) is 0 Å². The number of allylic oxidation sites excluding steroid dienone is 1. The molecule has 0 saturated carbocycles. The Hall–Kier alpha value is -1.82. The fraction of sp³-hybridized carbons (Fsp3) is 0.750. The smallest absolute Gasteiger partial charge is 0.410 e. The third-order valence-corrected chi connectivity index (χ3v) is 5.11. The molecule has 0 unspecified atom stereocenters. The van der Waals surface area contributed by atoms with Crippen molar-refractivity contribution in [2.45, 2.75) is 98.3 Å². The number of nitrogens with one attached hydrogen (secondary N) is 1. The van der Waals surface area contributed by atoms with Crippen molar-refractivity contribution in [3.05, 3.63) is 23.8 Å². The van der Waals surface area contributed by atoms with E-state index in [1.165, 1.54) is 13.8 Å². The van der Waals surface area contributed by atoms with Crippen molar-refractivity contribution >= 4 is 12.0 Å². The van der Waals surface area contributed by atoms with Crippen molar-refractivity contribution in [2.24, 2.45) is 5.41 Å². The standard InChI is InChI=1S/C24H42N2O4/c1-10-13-23(6,7)15-18(17(2)16-25-20(27)24(8,9)29)19-12-11-14-26(19)21(28)30-22(3,4)5/h15,19,29H,2,10-14,16H2,1,3-9H3,(H,25,27)/b18-15+/t19-/m0/s1. The van der Waals surface area contributed by atoms with Crippen LogP contribution in [-0.2, 0) is 9.53 Å². The topological polar surface area (TPSA) is 78.9 Å². The maximum Gasteiger partial charge on any atom is 0.410 e. The molecule has 6 heteroatoms. The second-order valence-electron chi connectivity index (χ2n) is 10.5. The van der Waals surface area contributed by atoms with E-state index in [0.29, 0.717) is 6.54 Å². The summed E-state index contributed by atoms with van der Waals surface area (Å²) in [6.45, 7) is 20.1. The Labute approximate surface area is 182 Å². The molecule has 172 valence electrons. The Bertz CT molecular complexity index is 666. The highest BCUT2D eigenvalue weighted by Crippen LogP contribution is 2.34. The van der Waals surface area contributed by atoms with Crippen LogP contribution in [0.5, 0.6) is 0 Å². The molecule has 2 N–H and O–H groups in total. The van der Waals surface area contributed by atoms with E-state index < -0.39 is 17.1 Å². The molecule has 0 aromatic carbocycles. The van der Waals surface area contributed by atoms with Crippen molar-refractivity contribution in [1.82, 2.24) is 10.2 Å². The van der Waals surface area contributed by atoms with Crippen LogP contribution in [0.1, 0.15) is 81.1 Å². The quantitative estimate of drug-likeness (QED) is 0.561. The van der Waals surface area contributed by atoms with Crippen molar-refractivity contribution in [3.63, 3.8) is 0 Å². The van der Waals surface area contributed by atoms with Crippen LogP contribution < -0.4 is 5.32 Å². The molecule has 1 heterocycles. The SMILES string of the molecule is C=C(CNC(=O)C(C)(C)O)/C(=C\C(C)(C)CCC)[C@@H]1CCCN1C(=O)OC(C)(C)C. The number of aliphatic hydroxyl groups is 1. The number of nitrogens with zero attached hydrogens (tertiary/aromatic N) is 1. The van der Waals surface area contributed by atoms with E-state index in [1.807, 2.05) is 20.8 Å². The van der Waals surface area contributed by atoms with Gasteiger partial charge in [0.25, 0.3) is 5.91 Å². The number of carbonyl (C=O) groups excluding carboxylic acids is 2. The molecule has 0 aromatic rings. The number of amides is 2. The van der Waals surface area contributed by atoms with E-state index >= 15 is 0 Å². The Morgan fingerprint density at radius 2 is 1.80 bits per heavy atom. The molecule has 0 spiro atoms. The molecule has 1 fully saturated rings. The van der Waals surface area contributed by atoms with Crippen LogP contribution in [0, 0.1) is 5.41 Å². The fourth-order valence-corrected chi connectivity index (χ4v) is 3.71. The lowest BCUT2D eigenvalue weighted by atomic mass is 9.82. The molecule has 1 aliphatic heterocycles. The molecule has 2 amide bonds. The van der Waals surface area contributed by atoms with E-state index in [-0.39, 0.29) is 24.1 Å². The number of ether oxygens (including phenoxy) is 1. The zero-order valence-corrected chi connectivity index (χ0v) is 20.2. The summed E-state index contributed by atoms with van der Waals surface area (Å²) < 4.78 is 5.63. The molecular weight excluding hydrogens is 380 g/mol.